The minimum absolute atomic E-state index is 0.106. The highest BCUT2D eigenvalue weighted by molar-refractivity contribution is 6.01. The normalized spacial score (nSPS) is 10.1. The number of hydrogen-bond acceptors (Lipinski definition) is 5. The van der Waals surface area contributed by atoms with Crippen molar-refractivity contribution in [2.24, 2.45) is 5.73 Å². The molecule has 0 spiro atoms. The molecule has 2 aromatic rings. The Labute approximate surface area is 117 Å². The van der Waals surface area contributed by atoms with Crippen LogP contribution in [-0.2, 0) is 0 Å². The average molecular weight is 272 g/mol. The summed E-state index contributed by atoms with van der Waals surface area (Å²) in [6, 6.07) is 12.3. The number of anilines is 1. The molecule has 5 nitrogen and oxygen atoms in total. The van der Waals surface area contributed by atoms with Gasteiger partial charge in [0.1, 0.15) is 11.5 Å². The second kappa shape index (κ2) is 6.08. The van der Waals surface area contributed by atoms with Crippen LogP contribution in [0.25, 0.3) is 0 Å². The fraction of sp³-hybridized carbons (Fsp3) is 0.133. The number of carbonyl (C=O) groups excluding carboxylic acids is 1. The highest BCUT2D eigenvalue weighted by atomic mass is 16.5. The Bertz CT molecular complexity index is 612. The molecule has 20 heavy (non-hydrogen) atoms. The first-order chi connectivity index (χ1) is 9.65. The summed E-state index contributed by atoms with van der Waals surface area (Å²) < 4.78 is 10.8. The molecule has 0 heterocycles. The summed E-state index contributed by atoms with van der Waals surface area (Å²) in [5, 5.41) is 0. The van der Waals surface area contributed by atoms with Crippen molar-refractivity contribution in [3.63, 3.8) is 0 Å². The molecule has 4 N–H and O–H groups in total. The number of methoxy groups -OCH3 is 1. The van der Waals surface area contributed by atoms with Crippen molar-refractivity contribution < 1.29 is 14.3 Å². The van der Waals surface area contributed by atoms with Crippen LogP contribution < -0.4 is 20.9 Å². The molecule has 0 aromatic heterocycles. The van der Waals surface area contributed by atoms with Crippen LogP contribution in [0.4, 0.5) is 5.69 Å². The SMILES string of the molecule is COc1cc(N)c(Oc2ccccc2)cc1C(=O)CN. The number of nitrogens with two attached hydrogens (primary N) is 2. The summed E-state index contributed by atoms with van der Waals surface area (Å²) in [5.41, 5.74) is 12.0. The number of carbonyl (C=O) groups is 1. The van der Waals surface area contributed by atoms with Gasteiger partial charge in [-0.1, -0.05) is 18.2 Å². The van der Waals surface area contributed by atoms with E-state index in [2.05, 4.69) is 0 Å². The summed E-state index contributed by atoms with van der Waals surface area (Å²) >= 11 is 0. The molecule has 2 aromatic carbocycles. The molecule has 0 unspecified atom stereocenters. The van der Waals surface area contributed by atoms with Crippen molar-refractivity contribution >= 4 is 11.5 Å². The molecular formula is C15H16N2O3. The van der Waals surface area contributed by atoms with Crippen molar-refractivity contribution in [2.45, 2.75) is 0 Å². The van der Waals surface area contributed by atoms with Gasteiger partial charge in [0.05, 0.1) is 24.9 Å². The van der Waals surface area contributed by atoms with E-state index >= 15 is 0 Å². The van der Waals surface area contributed by atoms with Crippen LogP contribution in [0.1, 0.15) is 10.4 Å². The zero-order chi connectivity index (χ0) is 14.5. The molecule has 0 fully saturated rings. The molecule has 0 bridgehead atoms. The Morgan fingerprint density at radius 1 is 1.15 bits per heavy atom. The maximum absolute atomic E-state index is 11.8. The largest absolute Gasteiger partial charge is 0.496 e. The number of ether oxygens (including phenoxy) is 2. The average Bonchev–Trinajstić information content (AvgIpc) is 2.49. The Morgan fingerprint density at radius 3 is 2.45 bits per heavy atom. The van der Waals surface area contributed by atoms with Crippen LogP contribution in [-0.4, -0.2) is 19.4 Å². The smallest absolute Gasteiger partial charge is 0.180 e. The molecular weight excluding hydrogens is 256 g/mol. The van der Waals surface area contributed by atoms with Crippen LogP contribution in [0, 0.1) is 0 Å². The highest BCUT2D eigenvalue weighted by Gasteiger charge is 2.15. The number of Topliss-reactive ketones (excluding diaryl/α,β-unsaturated/α-hetero) is 1. The number of para-hydroxylation sites is 1. The van der Waals surface area contributed by atoms with Gasteiger partial charge in [-0.3, -0.25) is 4.79 Å². The predicted molar refractivity (Wildman–Crippen MR) is 77.3 cm³/mol. The van der Waals surface area contributed by atoms with Crippen LogP contribution in [0.15, 0.2) is 42.5 Å². The van der Waals surface area contributed by atoms with Crippen molar-refractivity contribution in [3.8, 4) is 17.2 Å². The lowest BCUT2D eigenvalue weighted by atomic mass is 10.1. The molecule has 0 saturated carbocycles. The number of nitrogen functional groups attached to an aromatic ring is 1. The number of ketones is 1. The monoisotopic (exact) mass is 272 g/mol. The summed E-state index contributed by atoms with van der Waals surface area (Å²) in [6.45, 7) is -0.106. The lowest BCUT2D eigenvalue weighted by Gasteiger charge is -2.13. The molecule has 104 valence electrons. The Hall–Kier alpha value is -2.53. The molecule has 0 amide bonds. The second-order valence-corrected chi connectivity index (χ2v) is 4.13. The van der Waals surface area contributed by atoms with Crippen LogP contribution in [0.2, 0.25) is 0 Å². The third-order valence-electron chi connectivity index (χ3n) is 2.79. The predicted octanol–water partition coefficient (Wildman–Crippen LogP) is 2.21. The summed E-state index contributed by atoms with van der Waals surface area (Å²) in [4.78, 5) is 11.8. The molecule has 2 rings (SSSR count). The zero-order valence-corrected chi connectivity index (χ0v) is 11.1. The van der Waals surface area contributed by atoms with Gasteiger partial charge in [-0.2, -0.15) is 0 Å². The highest BCUT2D eigenvalue weighted by Crippen LogP contribution is 2.34. The van der Waals surface area contributed by atoms with Gasteiger partial charge in [0.2, 0.25) is 0 Å². The van der Waals surface area contributed by atoms with E-state index in [0.717, 1.165) is 0 Å². The Kier molecular flexibility index (Phi) is 4.22. The number of hydrogen-bond donors (Lipinski definition) is 2. The Balaban J connectivity index is 2.41. The first-order valence-corrected chi connectivity index (χ1v) is 6.09. The standard InChI is InChI=1S/C15H16N2O3/c1-19-14-8-12(17)15(7-11(14)13(18)9-16)20-10-5-3-2-4-6-10/h2-8H,9,16-17H2,1H3. The van der Waals surface area contributed by atoms with Gasteiger partial charge in [-0.25, -0.2) is 0 Å². The first kappa shape index (κ1) is 13.9. The van der Waals surface area contributed by atoms with Crippen molar-refractivity contribution in [3.05, 3.63) is 48.0 Å². The maximum Gasteiger partial charge on any atom is 0.180 e. The van der Waals surface area contributed by atoms with E-state index < -0.39 is 0 Å². The van der Waals surface area contributed by atoms with E-state index in [1.807, 2.05) is 18.2 Å². The molecule has 0 atom stereocenters. The van der Waals surface area contributed by atoms with Crippen molar-refractivity contribution in [1.29, 1.82) is 0 Å². The summed E-state index contributed by atoms with van der Waals surface area (Å²) in [5.74, 6) is 1.18. The van der Waals surface area contributed by atoms with Crippen LogP contribution in [0.3, 0.4) is 0 Å². The van der Waals surface area contributed by atoms with Crippen molar-refractivity contribution in [1.82, 2.24) is 0 Å². The van der Waals surface area contributed by atoms with Crippen LogP contribution >= 0.6 is 0 Å². The lowest BCUT2D eigenvalue weighted by molar-refractivity contribution is 0.0998. The van der Waals surface area contributed by atoms with E-state index in [-0.39, 0.29) is 12.3 Å². The maximum atomic E-state index is 11.8. The fourth-order valence-electron chi connectivity index (χ4n) is 1.78. The molecule has 0 aliphatic carbocycles. The van der Waals surface area contributed by atoms with E-state index in [0.29, 0.717) is 28.5 Å². The number of benzene rings is 2. The molecule has 0 aliphatic heterocycles. The lowest BCUT2D eigenvalue weighted by Crippen LogP contribution is -2.15. The molecule has 0 saturated heterocycles. The zero-order valence-electron chi connectivity index (χ0n) is 11.1. The molecule has 0 radical (unpaired) electrons. The number of rotatable bonds is 5. The molecule has 0 aliphatic rings. The van der Waals surface area contributed by atoms with Crippen LogP contribution in [0.5, 0.6) is 17.2 Å². The third kappa shape index (κ3) is 2.89. The quantitative estimate of drug-likeness (QED) is 0.643. The van der Waals surface area contributed by atoms with Gasteiger partial charge in [-0.15, -0.1) is 0 Å². The second-order valence-electron chi connectivity index (χ2n) is 4.13. The van der Waals surface area contributed by atoms with Gasteiger partial charge in [0.25, 0.3) is 0 Å². The minimum Gasteiger partial charge on any atom is -0.496 e. The Morgan fingerprint density at radius 2 is 1.85 bits per heavy atom. The van der Waals surface area contributed by atoms with E-state index in [1.165, 1.54) is 7.11 Å². The first-order valence-electron chi connectivity index (χ1n) is 6.09. The van der Waals surface area contributed by atoms with Gasteiger partial charge in [0.15, 0.2) is 11.5 Å². The third-order valence-corrected chi connectivity index (χ3v) is 2.79. The van der Waals surface area contributed by atoms with Gasteiger partial charge < -0.3 is 20.9 Å². The van der Waals surface area contributed by atoms with E-state index in [4.69, 9.17) is 20.9 Å². The van der Waals surface area contributed by atoms with E-state index in [9.17, 15) is 4.79 Å². The van der Waals surface area contributed by atoms with Gasteiger partial charge in [-0.05, 0) is 18.2 Å². The van der Waals surface area contributed by atoms with Crippen molar-refractivity contribution in [2.75, 3.05) is 19.4 Å². The fourth-order valence-corrected chi connectivity index (χ4v) is 1.78. The van der Waals surface area contributed by atoms with Gasteiger partial charge >= 0.3 is 0 Å². The van der Waals surface area contributed by atoms with E-state index in [1.54, 1.807) is 24.3 Å². The minimum atomic E-state index is -0.236. The molecule has 5 heteroatoms. The topological polar surface area (TPSA) is 87.6 Å². The summed E-state index contributed by atoms with van der Waals surface area (Å²) in [7, 11) is 1.47. The van der Waals surface area contributed by atoms with Gasteiger partial charge in [0, 0.05) is 6.07 Å². The summed E-state index contributed by atoms with van der Waals surface area (Å²) in [6.07, 6.45) is 0.